The smallest absolute Gasteiger partial charge is 0.255 e. The molecule has 14 heavy (non-hydrogen) atoms. The van der Waals surface area contributed by atoms with Gasteiger partial charge in [-0.15, -0.1) is 0 Å². The maximum Gasteiger partial charge on any atom is 0.255 e. The summed E-state index contributed by atoms with van der Waals surface area (Å²) in [6.07, 6.45) is 0.228. The van der Waals surface area contributed by atoms with Gasteiger partial charge in [0.15, 0.2) is 0 Å². The highest BCUT2D eigenvalue weighted by molar-refractivity contribution is 5.44. The molecule has 1 aromatic rings. The van der Waals surface area contributed by atoms with Crippen LogP contribution in [0, 0.1) is 0 Å². The van der Waals surface area contributed by atoms with Gasteiger partial charge in [-0.1, -0.05) is 19.1 Å². The predicted octanol–water partition coefficient (Wildman–Crippen LogP) is 3.08. The van der Waals surface area contributed by atoms with E-state index in [9.17, 15) is 13.9 Å². The molecule has 0 aliphatic heterocycles. The van der Waals surface area contributed by atoms with Crippen LogP contribution in [0.25, 0.3) is 0 Å². The zero-order valence-electron chi connectivity index (χ0n) is 7.93. The number of halogens is 2. The molecule has 1 aromatic carbocycles. The zero-order valence-corrected chi connectivity index (χ0v) is 7.93. The molecule has 0 amide bonds. The summed E-state index contributed by atoms with van der Waals surface area (Å²) in [7, 11) is 0. The lowest BCUT2D eigenvalue weighted by Crippen LogP contribution is -2.30. The Balaban J connectivity index is 2.54. The summed E-state index contributed by atoms with van der Waals surface area (Å²) < 4.78 is 26.7. The molecule has 2 rings (SSSR count). The first-order valence-electron chi connectivity index (χ1n) is 4.71. The molecule has 0 saturated carbocycles. The molecule has 1 atom stereocenters. The van der Waals surface area contributed by atoms with Crippen LogP contribution in [-0.4, -0.2) is 11.0 Å². The Kier molecular flexibility index (Phi) is 1.98. The van der Waals surface area contributed by atoms with E-state index in [1.54, 1.807) is 12.1 Å². The fourth-order valence-corrected chi connectivity index (χ4v) is 2.05. The van der Waals surface area contributed by atoms with Crippen molar-refractivity contribution in [3.05, 3.63) is 29.3 Å². The van der Waals surface area contributed by atoms with Crippen molar-refractivity contribution in [2.45, 2.75) is 31.6 Å². The van der Waals surface area contributed by atoms with Crippen LogP contribution >= 0.6 is 0 Å². The van der Waals surface area contributed by atoms with Crippen molar-refractivity contribution in [3.8, 4) is 5.75 Å². The van der Waals surface area contributed by atoms with E-state index in [-0.39, 0.29) is 12.2 Å². The Morgan fingerprint density at radius 2 is 2.14 bits per heavy atom. The number of benzene rings is 1. The molecule has 76 valence electrons. The van der Waals surface area contributed by atoms with Gasteiger partial charge in [-0.25, -0.2) is 8.78 Å². The summed E-state index contributed by atoms with van der Waals surface area (Å²) in [5.41, 5.74) is 1.27. The monoisotopic (exact) mass is 198 g/mol. The second-order valence-corrected chi connectivity index (χ2v) is 3.83. The van der Waals surface area contributed by atoms with Crippen molar-refractivity contribution >= 4 is 0 Å². The van der Waals surface area contributed by atoms with E-state index in [1.165, 1.54) is 13.0 Å². The largest absolute Gasteiger partial charge is 0.508 e. The molecule has 0 radical (unpaired) electrons. The van der Waals surface area contributed by atoms with E-state index < -0.39 is 11.8 Å². The number of phenolic OH excluding ortho intramolecular Hbond substituents is 1. The summed E-state index contributed by atoms with van der Waals surface area (Å²) in [5, 5.41) is 9.53. The van der Waals surface area contributed by atoms with Crippen LogP contribution in [0.4, 0.5) is 8.78 Å². The van der Waals surface area contributed by atoms with Gasteiger partial charge >= 0.3 is 0 Å². The molecule has 1 nitrogen and oxygen atoms in total. The van der Waals surface area contributed by atoms with Crippen LogP contribution < -0.4 is 0 Å². The van der Waals surface area contributed by atoms with Gasteiger partial charge in [0, 0.05) is 17.9 Å². The fraction of sp³-hybridized carbons (Fsp3) is 0.455. The number of alkyl halides is 2. The van der Waals surface area contributed by atoms with E-state index >= 15 is 0 Å². The highest BCUT2D eigenvalue weighted by Gasteiger charge is 2.42. The van der Waals surface area contributed by atoms with E-state index in [2.05, 4.69) is 0 Å². The quantitative estimate of drug-likeness (QED) is 0.679. The molecular formula is C11H12F2O. The van der Waals surface area contributed by atoms with Gasteiger partial charge in [0.2, 0.25) is 0 Å². The van der Waals surface area contributed by atoms with Crippen LogP contribution in [0.2, 0.25) is 0 Å². The summed E-state index contributed by atoms with van der Waals surface area (Å²) in [6.45, 7) is 1.47. The SMILES string of the molecule is CC1c2c(O)cccc2CCC1(F)F. The molecule has 1 aliphatic rings. The highest BCUT2D eigenvalue weighted by atomic mass is 19.3. The number of aromatic hydroxyl groups is 1. The number of phenols is 1. The summed E-state index contributed by atoms with van der Waals surface area (Å²) >= 11 is 0. The molecule has 1 unspecified atom stereocenters. The van der Waals surface area contributed by atoms with Gasteiger partial charge in [-0.2, -0.15) is 0 Å². The predicted molar refractivity (Wildman–Crippen MR) is 49.8 cm³/mol. The summed E-state index contributed by atoms with van der Waals surface area (Å²) in [4.78, 5) is 0. The zero-order chi connectivity index (χ0) is 10.3. The Hall–Kier alpha value is -1.12. The molecule has 0 fully saturated rings. The van der Waals surface area contributed by atoms with E-state index in [4.69, 9.17) is 0 Å². The topological polar surface area (TPSA) is 20.2 Å². The van der Waals surface area contributed by atoms with Gasteiger partial charge in [0.05, 0.1) is 0 Å². The lowest BCUT2D eigenvalue weighted by atomic mass is 9.80. The fourth-order valence-electron chi connectivity index (χ4n) is 2.05. The average Bonchev–Trinajstić information content (AvgIpc) is 2.12. The minimum absolute atomic E-state index is 0.00521. The van der Waals surface area contributed by atoms with Crippen LogP contribution in [0.15, 0.2) is 18.2 Å². The lowest BCUT2D eigenvalue weighted by molar-refractivity contribution is -0.0367. The molecule has 0 aromatic heterocycles. The number of fused-ring (bicyclic) bond motifs is 1. The van der Waals surface area contributed by atoms with Gasteiger partial charge < -0.3 is 5.11 Å². The average molecular weight is 198 g/mol. The van der Waals surface area contributed by atoms with E-state index in [0.29, 0.717) is 12.0 Å². The first kappa shape index (κ1) is 9.44. The first-order chi connectivity index (χ1) is 6.52. The minimum Gasteiger partial charge on any atom is -0.508 e. The standard InChI is InChI=1S/C11H12F2O/c1-7-10-8(3-2-4-9(10)14)5-6-11(7,12)13/h2-4,7,14H,5-6H2,1H3. The van der Waals surface area contributed by atoms with Gasteiger partial charge in [-0.3, -0.25) is 0 Å². The molecular weight excluding hydrogens is 186 g/mol. The normalized spacial score (nSPS) is 24.4. The Bertz CT molecular complexity index is 360. The molecule has 0 spiro atoms. The molecule has 0 saturated heterocycles. The van der Waals surface area contributed by atoms with E-state index in [0.717, 1.165) is 5.56 Å². The van der Waals surface area contributed by atoms with Crippen molar-refractivity contribution < 1.29 is 13.9 Å². The number of hydrogen-bond donors (Lipinski definition) is 1. The highest BCUT2D eigenvalue weighted by Crippen LogP contribution is 2.45. The van der Waals surface area contributed by atoms with Crippen molar-refractivity contribution in [1.82, 2.24) is 0 Å². The maximum absolute atomic E-state index is 13.3. The summed E-state index contributed by atoms with van der Waals surface area (Å²) in [6, 6.07) is 4.97. The molecule has 1 aliphatic carbocycles. The third-order valence-corrected chi connectivity index (χ3v) is 2.97. The molecule has 1 N–H and O–H groups in total. The van der Waals surface area contributed by atoms with Crippen molar-refractivity contribution in [2.24, 2.45) is 0 Å². The van der Waals surface area contributed by atoms with Crippen molar-refractivity contribution in [3.63, 3.8) is 0 Å². The number of aryl methyl sites for hydroxylation is 1. The maximum atomic E-state index is 13.3. The van der Waals surface area contributed by atoms with Gasteiger partial charge in [0.25, 0.3) is 5.92 Å². The van der Waals surface area contributed by atoms with Crippen molar-refractivity contribution in [1.29, 1.82) is 0 Å². The van der Waals surface area contributed by atoms with E-state index in [1.807, 2.05) is 0 Å². The Morgan fingerprint density at radius 1 is 1.43 bits per heavy atom. The van der Waals surface area contributed by atoms with Crippen LogP contribution in [0.3, 0.4) is 0 Å². The minimum atomic E-state index is -2.69. The molecule has 0 heterocycles. The number of rotatable bonds is 0. The van der Waals surface area contributed by atoms with Crippen LogP contribution in [0.5, 0.6) is 5.75 Å². The second kappa shape index (κ2) is 2.94. The van der Waals surface area contributed by atoms with Crippen LogP contribution in [0.1, 0.15) is 30.4 Å². The molecule has 0 bridgehead atoms. The number of hydrogen-bond acceptors (Lipinski definition) is 1. The second-order valence-electron chi connectivity index (χ2n) is 3.83. The Morgan fingerprint density at radius 3 is 2.86 bits per heavy atom. The third-order valence-electron chi connectivity index (χ3n) is 2.97. The molecule has 3 heteroatoms. The van der Waals surface area contributed by atoms with Crippen LogP contribution in [-0.2, 0) is 6.42 Å². The third kappa shape index (κ3) is 1.27. The first-order valence-corrected chi connectivity index (χ1v) is 4.71. The van der Waals surface area contributed by atoms with Gasteiger partial charge in [-0.05, 0) is 18.1 Å². The van der Waals surface area contributed by atoms with Crippen molar-refractivity contribution in [2.75, 3.05) is 0 Å². The summed E-state index contributed by atoms with van der Waals surface area (Å²) in [5.74, 6) is -3.58. The van der Waals surface area contributed by atoms with Gasteiger partial charge in [0.1, 0.15) is 5.75 Å². The lowest BCUT2D eigenvalue weighted by Gasteiger charge is -2.31. The Labute approximate surface area is 81.4 Å².